The minimum atomic E-state index is 0.325. The van der Waals surface area contributed by atoms with Crippen LogP contribution in [0.15, 0.2) is 16.7 Å². The second-order valence-electron chi connectivity index (χ2n) is 8.87. The van der Waals surface area contributed by atoms with Crippen LogP contribution in [-0.4, -0.2) is 43.8 Å². The van der Waals surface area contributed by atoms with Gasteiger partial charge >= 0.3 is 0 Å². The van der Waals surface area contributed by atoms with E-state index in [0.717, 1.165) is 25.6 Å². The molecule has 4 heteroatoms. The molecule has 4 rings (SSSR count). The van der Waals surface area contributed by atoms with Gasteiger partial charge in [0.25, 0.3) is 0 Å². The first-order valence-electron chi connectivity index (χ1n) is 9.71. The Bertz CT molecular complexity index is 540. The lowest BCUT2D eigenvalue weighted by atomic mass is 9.74. The number of furan rings is 1. The molecule has 1 N–H and O–H groups in total. The van der Waals surface area contributed by atoms with Crippen molar-refractivity contribution in [1.29, 1.82) is 0 Å². The quantitative estimate of drug-likeness (QED) is 0.917. The molecule has 24 heavy (non-hydrogen) atoms. The number of piperidine rings is 1. The van der Waals surface area contributed by atoms with E-state index in [2.05, 4.69) is 30.1 Å². The zero-order valence-corrected chi connectivity index (χ0v) is 15.2. The zero-order valence-electron chi connectivity index (χ0n) is 15.2. The highest BCUT2D eigenvalue weighted by Crippen LogP contribution is 2.41. The molecule has 2 unspecified atom stereocenters. The van der Waals surface area contributed by atoms with E-state index in [1.807, 2.05) is 6.26 Å². The first-order chi connectivity index (χ1) is 11.6. The van der Waals surface area contributed by atoms with Gasteiger partial charge in [0.1, 0.15) is 5.76 Å². The first kappa shape index (κ1) is 16.6. The topological polar surface area (TPSA) is 37.6 Å². The average molecular weight is 332 g/mol. The van der Waals surface area contributed by atoms with Crippen molar-refractivity contribution in [2.75, 3.05) is 32.8 Å². The average Bonchev–Trinajstić information content (AvgIpc) is 3.19. The molecule has 4 nitrogen and oxygen atoms in total. The molecular weight excluding hydrogens is 300 g/mol. The first-order valence-corrected chi connectivity index (χ1v) is 9.71. The lowest BCUT2D eigenvalue weighted by Crippen LogP contribution is -2.46. The van der Waals surface area contributed by atoms with E-state index in [1.165, 1.54) is 56.6 Å². The van der Waals surface area contributed by atoms with Gasteiger partial charge in [-0.1, -0.05) is 13.8 Å². The molecule has 2 saturated heterocycles. The van der Waals surface area contributed by atoms with Crippen molar-refractivity contribution in [3.05, 3.63) is 23.7 Å². The number of ether oxygens (including phenoxy) is 1. The maximum atomic E-state index is 5.74. The third-order valence-electron chi connectivity index (χ3n) is 6.12. The fourth-order valence-electron chi connectivity index (χ4n) is 4.78. The van der Waals surface area contributed by atoms with Gasteiger partial charge in [0.05, 0.1) is 12.9 Å². The predicted octanol–water partition coefficient (Wildman–Crippen LogP) is 3.38. The van der Waals surface area contributed by atoms with Gasteiger partial charge in [-0.05, 0) is 56.2 Å². The third kappa shape index (κ3) is 3.71. The maximum Gasteiger partial charge on any atom is 0.109 e. The van der Waals surface area contributed by atoms with Crippen LogP contribution in [-0.2, 0) is 11.2 Å². The van der Waals surface area contributed by atoms with Crippen LogP contribution in [0.4, 0.5) is 0 Å². The summed E-state index contributed by atoms with van der Waals surface area (Å²) in [6.07, 6.45) is 7.91. The van der Waals surface area contributed by atoms with Gasteiger partial charge in [-0.2, -0.15) is 0 Å². The molecule has 3 heterocycles. The van der Waals surface area contributed by atoms with E-state index in [-0.39, 0.29) is 0 Å². The summed E-state index contributed by atoms with van der Waals surface area (Å²) in [6, 6.07) is 3.28. The molecule has 1 aliphatic carbocycles. The van der Waals surface area contributed by atoms with Crippen LogP contribution in [0.5, 0.6) is 0 Å². The molecule has 0 aromatic carbocycles. The van der Waals surface area contributed by atoms with E-state index in [9.17, 15) is 0 Å². The fraction of sp³-hybridized carbons (Fsp3) is 0.800. The Labute approximate surface area is 145 Å². The molecule has 0 saturated carbocycles. The van der Waals surface area contributed by atoms with Gasteiger partial charge in [-0.25, -0.2) is 0 Å². The van der Waals surface area contributed by atoms with Crippen molar-refractivity contribution in [2.24, 2.45) is 11.3 Å². The molecule has 1 aromatic heterocycles. The molecule has 0 spiro atoms. The molecule has 3 aliphatic rings. The van der Waals surface area contributed by atoms with Crippen LogP contribution in [0, 0.1) is 11.3 Å². The molecule has 134 valence electrons. The summed E-state index contributed by atoms with van der Waals surface area (Å²) in [7, 11) is 0. The van der Waals surface area contributed by atoms with Gasteiger partial charge in [0.15, 0.2) is 0 Å². The Kier molecular flexibility index (Phi) is 4.72. The molecule has 1 aromatic rings. The van der Waals surface area contributed by atoms with Crippen molar-refractivity contribution >= 4 is 0 Å². The zero-order chi connectivity index (χ0) is 16.6. The molecule has 2 fully saturated rings. The lowest BCUT2D eigenvalue weighted by molar-refractivity contribution is 0.139. The molecule has 0 amide bonds. The smallest absolute Gasteiger partial charge is 0.109 e. The van der Waals surface area contributed by atoms with Crippen LogP contribution in [0.3, 0.4) is 0 Å². The minimum absolute atomic E-state index is 0.325. The van der Waals surface area contributed by atoms with Crippen molar-refractivity contribution in [3.63, 3.8) is 0 Å². The summed E-state index contributed by atoms with van der Waals surface area (Å²) < 4.78 is 11.3. The third-order valence-corrected chi connectivity index (χ3v) is 6.12. The second-order valence-corrected chi connectivity index (χ2v) is 8.87. The Balaban J connectivity index is 1.31. The monoisotopic (exact) mass is 332 g/mol. The SMILES string of the molecule is CC1(C)Cc2occc2C(NC2CCN(CC3CCOC3)CC2)C1. The maximum absolute atomic E-state index is 5.74. The number of nitrogens with one attached hydrogen (secondary N) is 1. The van der Waals surface area contributed by atoms with Crippen molar-refractivity contribution < 1.29 is 9.15 Å². The summed E-state index contributed by atoms with van der Waals surface area (Å²) in [4.78, 5) is 2.64. The van der Waals surface area contributed by atoms with Crippen molar-refractivity contribution in [2.45, 2.75) is 58.0 Å². The number of fused-ring (bicyclic) bond motifs is 1. The summed E-state index contributed by atoms with van der Waals surface area (Å²) in [6.45, 7) is 10.3. The number of nitrogens with zero attached hydrogens (tertiary/aromatic N) is 1. The lowest BCUT2D eigenvalue weighted by Gasteiger charge is -2.39. The standard InChI is InChI=1S/C20H32N2O2/c1-20(2)11-18(17-6-10-24-19(17)12-20)21-16-3-7-22(8-4-16)13-15-5-9-23-14-15/h6,10,15-16,18,21H,3-5,7-9,11-14H2,1-2H3. The molecule has 0 radical (unpaired) electrons. The fourth-order valence-corrected chi connectivity index (χ4v) is 4.78. The summed E-state index contributed by atoms with van der Waals surface area (Å²) in [5.41, 5.74) is 1.73. The van der Waals surface area contributed by atoms with E-state index in [1.54, 1.807) is 0 Å². The molecule has 2 atom stereocenters. The van der Waals surface area contributed by atoms with Gasteiger partial charge in [-0.3, -0.25) is 0 Å². The van der Waals surface area contributed by atoms with Crippen LogP contribution in [0.2, 0.25) is 0 Å². The van der Waals surface area contributed by atoms with E-state index in [0.29, 0.717) is 17.5 Å². The molecular formula is C20H32N2O2. The second kappa shape index (κ2) is 6.81. The molecule has 0 bridgehead atoms. The van der Waals surface area contributed by atoms with Gasteiger partial charge in [0, 0.05) is 37.2 Å². The minimum Gasteiger partial charge on any atom is -0.469 e. The van der Waals surface area contributed by atoms with Gasteiger partial charge in [0.2, 0.25) is 0 Å². The predicted molar refractivity (Wildman–Crippen MR) is 95.1 cm³/mol. The Morgan fingerprint density at radius 3 is 2.83 bits per heavy atom. The van der Waals surface area contributed by atoms with Crippen molar-refractivity contribution in [3.8, 4) is 0 Å². The van der Waals surface area contributed by atoms with Crippen LogP contribution < -0.4 is 5.32 Å². The highest BCUT2D eigenvalue weighted by molar-refractivity contribution is 5.26. The number of rotatable bonds is 4. The van der Waals surface area contributed by atoms with Gasteiger partial charge in [-0.15, -0.1) is 0 Å². The Morgan fingerprint density at radius 1 is 1.25 bits per heavy atom. The van der Waals surface area contributed by atoms with Crippen LogP contribution >= 0.6 is 0 Å². The van der Waals surface area contributed by atoms with Gasteiger partial charge < -0.3 is 19.4 Å². The number of likely N-dealkylation sites (tertiary alicyclic amines) is 1. The van der Waals surface area contributed by atoms with Crippen LogP contribution in [0.25, 0.3) is 0 Å². The summed E-state index contributed by atoms with van der Waals surface area (Å²) >= 11 is 0. The van der Waals surface area contributed by atoms with E-state index in [4.69, 9.17) is 9.15 Å². The largest absolute Gasteiger partial charge is 0.469 e. The van der Waals surface area contributed by atoms with E-state index >= 15 is 0 Å². The highest BCUT2D eigenvalue weighted by atomic mass is 16.5. The summed E-state index contributed by atoms with van der Waals surface area (Å²) in [5.74, 6) is 1.96. The number of hydrogen-bond acceptors (Lipinski definition) is 4. The number of hydrogen-bond donors (Lipinski definition) is 1. The van der Waals surface area contributed by atoms with E-state index < -0.39 is 0 Å². The normalized spacial score (nSPS) is 31.2. The van der Waals surface area contributed by atoms with Crippen molar-refractivity contribution in [1.82, 2.24) is 10.2 Å². The highest BCUT2D eigenvalue weighted by Gasteiger charge is 2.35. The molecule has 2 aliphatic heterocycles. The Hall–Kier alpha value is -0.840. The summed E-state index contributed by atoms with van der Waals surface area (Å²) in [5, 5.41) is 3.96. The van der Waals surface area contributed by atoms with Crippen LogP contribution in [0.1, 0.15) is 56.9 Å². The Morgan fingerprint density at radius 2 is 2.08 bits per heavy atom.